The molecular weight excluding hydrogens is 543 g/mol. The van der Waals surface area contributed by atoms with E-state index in [9.17, 15) is 49.1 Å². The fraction of sp³-hybridized carbons (Fsp3) is 0.304. The molecule has 2 aromatic rings. The second-order valence-electron chi connectivity index (χ2n) is 7.18. The zero-order valence-corrected chi connectivity index (χ0v) is 19.2. The molecule has 0 amide bonds. The third-order valence-corrected chi connectivity index (χ3v) is 4.54. The molecular formula is C23H17F9O6. The van der Waals surface area contributed by atoms with Crippen LogP contribution in [0.5, 0.6) is 11.5 Å². The predicted octanol–water partition coefficient (Wildman–Crippen LogP) is 5.13. The molecule has 0 saturated heterocycles. The Hall–Kier alpha value is -3.59. The highest BCUT2D eigenvalue weighted by Gasteiger charge is 2.29. The van der Waals surface area contributed by atoms with Crippen molar-refractivity contribution < 1.29 is 68.1 Å². The Balaban J connectivity index is 1.64. The number of esters is 2. The molecule has 2 rings (SSSR count). The van der Waals surface area contributed by atoms with Crippen LogP contribution in [0.1, 0.15) is 18.4 Å². The van der Waals surface area contributed by atoms with Gasteiger partial charge in [0.15, 0.2) is 17.5 Å². The molecule has 0 fully saturated rings. The quantitative estimate of drug-likeness (QED) is 0.0683. The van der Waals surface area contributed by atoms with Gasteiger partial charge >= 0.3 is 11.9 Å². The summed E-state index contributed by atoms with van der Waals surface area (Å²) in [6.07, 6.45) is 1.70. The van der Waals surface area contributed by atoms with Crippen LogP contribution in [0, 0.1) is 59.3 Å². The molecule has 0 spiro atoms. The average Bonchev–Trinajstić information content (AvgIpc) is 2.90. The Morgan fingerprint density at radius 1 is 0.553 bits per heavy atom. The van der Waals surface area contributed by atoms with Gasteiger partial charge in [0.05, 0.1) is 39.3 Å². The van der Waals surface area contributed by atoms with Gasteiger partial charge in [0.25, 0.3) is 0 Å². The number of halogens is 9. The van der Waals surface area contributed by atoms with Crippen LogP contribution in [0.15, 0.2) is 12.2 Å². The van der Waals surface area contributed by atoms with E-state index in [2.05, 4.69) is 9.47 Å². The van der Waals surface area contributed by atoms with Crippen molar-refractivity contribution in [1.82, 2.24) is 0 Å². The molecule has 0 N–H and O–H groups in total. The summed E-state index contributed by atoms with van der Waals surface area (Å²) in [5, 5.41) is 0. The summed E-state index contributed by atoms with van der Waals surface area (Å²) in [4.78, 5) is 23.2. The number of carbonyl (C=O) groups excluding carboxylic acids is 2. The Morgan fingerprint density at radius 3 is 1.32 bits per heavy atom. The maximum absolute atomic E-state index is 13.8. The summed E-state index contributed by atoms with van der Waals surface area (Å²) in [6.45, 7) is 0.0264. The molecule has 0 saturated carbocycles. The molecule has 15 heteroatoms. The van der Waals surface area contributed by atoms with Crippen molar-refractivity contribution in [2.24, 2.45) is 0 Å². The van der Waals surface area contributed by atoms with E-state index in [0.717, 1.165) is 6.92 Å². The number of hydrogen-bond acceptors (Lipinski definition) is 6. The third-order valence-electron chi connectivity index (χ3n) is 4.54. The number of rotatable bonds is 12. The Bertz CT molecular complexity index is 1080. The monoisotopic (exact) mass is 560 g/mol. The van der Waals surface area contributed by atoms with Gasteiger partial charge in [0.1, 0.15) is 0 Å². The second-order valence-corrected chi connectivity index (χ2v) is 7.18. The van der Waals surface area contributed by atoms with Crippen molar-refractivity contribution in [2.75, 3.05) is 26.4 Å². The van der Waals surface area contributed by atoms with Gasteiger partial charge in [-0.15, -0.1) is 0 Å². The number of ether oxygens (including phenoxy) is 4. The van der Waals surface area contributed by atoms with Crippen LogP contribution in [0.3, 0.4) is 0 Å². The summed E-state index contributed by atoms with van der Waals surface area (Å²) < 4.78 is 139. The van der Waals surface area contributed by atoms with Crippen LogP contribution in [-0.2, 0) is 19.1 Å². The number of benzene rings is 2. The van der Waals surface area contributed by atoms with Crippen molar-refractivity contribution in [3.05, 3.63) is 70.1 Å². The Labute approximate surface area is 208 Å². The molecule has 0 aliphatic rings. The lowest BCUT2D eigenvalue weighted by Crippen LogP contribution is -2.15. The van der Waals surface area contributed by atoms with Crippen LogP contribution in [0.2, 0.25) is 0 Å². The smallest absolute Gasteiger partial charge is 0.313 e. The van der Waals surface area contributed by atoms with Crippen molar-refractivity contribution in [2.45, 2.75) is 19.8 Å². The van der Waals surface area contributed by atoms with Crippen molar-refractivity contribution in [3.8, 4) is 11.5 Å². The molecule has 0 aliphatic heterocycles. The predicted molar refractivity (Wildman–Crippen MR) is 109 cm³/mol. The fourth-order valence-corrected chi connectivity index (χ4v) is 2.57. The molecule has 0 bridgehead atoms. The Kier molecular flexibility index (Phi) is 11.1. The van der Waals surface area contributed by atoms with E-state index in [1.165, 1.54) is 12.2 Å². The molecule has 0 heterocycles. The minimum Gasteiger partial charge on any atom is -0.420 e. The van der Waals surface area contributed by atoms with Gasteiger partial charge in [-0.2, -0.15) is 13.2 Å². The van der Waals surface area contributed by atoms with Crippen LogP contribution < -0.4 is 9.47 Å². The van der Waals surface area contributed by atoms with Crippen LogP contribution in [-0.4, -0.2) is 38.4 Å². The molecule has 2 aromatic carbocycles. The standard InChI is InChI=1S/C23H17F9O6/c1-10-13(24)15(26)19(30)22(14(10)25)37-11(33)4-8-35-6-2-3-7-36-9-5-12(34)38-23-20(31)17(28)16(27)18(29)21(23)32/h2-3H,4-9H2,1H3/b3-2-. The SMILES string of the molecule is Cc1c(F)c(F)c(F)c(OC(=O)CCOC/C=C\COCCC(=O)Oc2c(F)c(F)c(F)c(F)c2F)c1F. The van der Waals surface area contributed by atoms with Crippen molar-refractivity contribution in [1.29, 1.82) is 0 Å². The molecule has 38 heavy (non-hydrogen) atoms. The first-order chi connectivity index (χ1) is 17.9. The van der Waals surface area contributed by atoms with E-state index < -0.39 is 94.2 Å². The van der Waals surface area contributed by atoms with Crippen LogP contribution in [0.4, 0.5) is 39.5 Å². The first-order valence-electron chi connectivity index (χ1n) is 10.4. The minimum atomic E-state index is -2.40. The minimum absolute atomic E-state index is 0.0774. The summed E-state index contributed by atoms with van der Waals surface area (Å²) in [5.74, 6) is -24.5. The van der Waals surface area contributed by atoms with Gasteiger partial charge in [-0.25, -0.2) is 26.3 Å². The number of hydrogen-bond donors (Lipinski definition) is 0. The summed E-state index contributed by atoms with van der Waals surface area (Å²) in [6, 6.07) is 0. The molecule has 0 aliphatic carbocycles. The maximum atomic E-state index is 13.8. The van der Waals surface area contributed by atoms with Gasteiger partial charge < -0.3 is 18.9 Å². The highest BCUT2D eigenvalue weighted by molar-refractivity contribution is 5.73. The van der Waals surface area contributed by atoms with Crippen LogP contribution >= 0.6 is 0 Å². The van der Waals surface area contributed by atoms with E-state index in [4.69, 9.17) is 9.47 Å². The summed E-state index contributed by atoms with van der Waals surface area (Å²) in [5.41, 5.74) is -0.867. The molecule has 0 aromatic heterocycles. The van der Waals surface area contributed by atoms with Crippen molar-refractivity contribution >= 4 is 11.9 Å². The largest absolute Gasteiger partial charge is 0.420 e. The lowest BCUT2D eigenvalue weighted by atomic mass is 10.2. The van der Waals surface area contributed by atoms with E-state index in [1.807, 2.05) is 0 Å². The van der Waals surface area contributed by atoms with Gasteiger partial charge in [0.2, 0.25) is 46.4 Å². The lowest BCUT2D eigenvalue weighted by molar-refractivity contribution is -0.136. The van der Waals surface area contributed by atoms with E-state index in [1.54, 1.807) is 0 Å². The molecule has 6 nitrogen and oxygen atoms in total. The maximum Gasteiger partial charge on any atom is 0.313 e. The third kappa shape index (κ3) is 7.47. The van der Waals surface area contributed by atoms with Crippen molar-refractivity contribution in [3.63, 3.8) is 0 Å². The van der Waals surface area contributed by atoms with Gasteiger partial charge in [-0.1, -0.05) is 12.2 Å². The molecule has 208 valence electrons. The summed E-state index contributed by atoms with van der Waals surface area (Å²) in [7, 11) is 0. The van der Waals surface area contributed by atoms with Gasteiger partial charge in [-0.05, 0) is 6.92 Å². The fourth-order valence-electron chi connectivity index (χ4n) is 2.57. The molecule has 0 atom stereocenters. The first kappa shape index (κ1) is 30.6. The topological polar surface area (TPSA) is 71.1 Å². The second kappa shape index (κ2) is 13.8. The van der Waals surface area contributed by atoms with E-state index >= 15 is 0 Å². The highest BCUT2D eigenvalue weighted by atomic mass is 19.2. The lowest BCUT2D eigenvalue weighted by Gasteiger charge is -2.10. The van der Waals surface area contributed by atoms with Gasteiger partial charge in [-0.3, -0.25) is 9.59 Å². The van der Waals surface area contributed by atoms with Crippen LogP contribution in [0.25, 0.3) is 0 Å². The normalized spacial score (nSPS) is 11.3. The first-order valence-corrected chi connectivity index (χ1v) is 10.4. The number of carbonyl (C=O) groups is 2. The zero-order chi connectivity index (χ0) is 28.6. The van der Waals surface area contributed by atoms with Gasteiger partial charge in [0, 0.05) is 5.56 Å². The zero-order valence-electron chi connectivity index (χ0n) is 19.2. The van der Waals surface area contributed by atoms with E-state index in [0.29, 0.717) is 0 Å². The van der Waals surface area contributed by atoms with E-state index in [-0.39, 0.29) is 26.4 Å². The molecule has 0 unspecified atom stereocenters. The average molecular weight is 560 g/mol. The molecule has 0 radical (unpaired) electrons. The Morgan fingerprint density at radius 2 is 0.895 bits per heavy atom. The highest BCUT2D eigenvalue weighted by Crippen LogP contribution is 2.30. The summed E-state index contributed by atoms with van der Waals surface area (Å²) >= 11 is 0.